The Balaban J connectivity index is 1.84. The first kappa shape index (κ1) is 23.2. The molecule has 0 bridgehead atoms. The van der Waals surface area contributed by atoms with Gasteiger partial charge in [-0.05, 0) is 29.8 Å². The van der Waals surface area contributed by atoms with Crippen LogP contribution in [0.15, 0.2) is 47.4 Å². The van der Waals surface area contributed by atoms with Crippen LogP contribution in [-0.2, 0) is 23.9 Å². The molecule has 4 rings (SSSR count). The van der Waals surface area contributed by atoms with Crippen molar-refractivity contribution < 1.29 is 17.9 Å². The van der Waals surface area contributed by atoms with Crippen LogP contribution in [0.25, 0.3) is 21.5 Å². The maximum atomic E-state index is 13.4. The van der Waals surface area contributed by atoms with Crippen molar-refractivity contribution in [1.82, 2.24) is 14.5 Å². The maximum absolute atomic E-state index is 13.4. The lowest BCUT2D eigenvalue weighted by Gasteiger charge is -2.15. The quantitative estimate of drug-likeness (QED) is 0.381. The number of ether oxygens (including phenoxy) is 1. The zero-order chi connectivity index (χ0) is 23.8. The number of nitrogen functional groups attached to an aromatic ring is 1. The molecule has 0 atom stereocenters. The zero-order valence-corrected chi connectivity index (χ0v) is 18.9. The van der Waals surface area contributed by atoms with E-state index >= 15 is 0 Å². The average Bonchev–Trinajstić information content (AvgIpc) is 3.27. The van der Waals surface area contributed by atoms with Crippen LogP contribution in [0.4, 0.5) is 18.9 Å². The molecule has 0 aliphatic heterocycles. The number of anilines is 1. The van der Waals surface area contributed by atoms with Gasteiger partial charge in [-0.15, -0.1) is 11.3 Å². The Kier molecular flexibility index (Phi) is 6.42. The van der Waals surface area contributed by atoms with Gasteiger partial charge in [0.05, 0.1) is 30.3 Å². The van der Waals surface area contributed by atoms with E-state index in [1.807, 2.05) is 12.1 Å². The second-order valence-electron chi connectivity index (χ2n) is 7.27. The number of rotatable bonds is 6. The number of hydrogen-bond donors (Lipinski definition) is 1. The summed E-state index contributed by atoms with van der Waals surface area (Å²) < 4.78 is 45.7. The molecular formula is C22H18ClF3N4O2S. The smallest absolute Gasteiger partial charge is 0.398 e. The topological polar surface area (TPSA) is 83.0 Å². The predicted octanol–water partition coefficient (Wildman–Crippen LogP) is 5.01. The molecule has 0 fully saturated rings. The fraction of sp³-hybridized carbons (Fsp3) is 0.227. The fourth-order valence-electron chi connectivity index (χ4n) is 3.37. The molecule has 0 spiro atoms. The number of hydrogen-bond acceptors (Lipinski definition) is 6. The van der Waals surface area contributed by atoms with Gasteiger partial charge in [0, 0.05) is 29.8 Å². The first-order valence-corrected chi connectivity index (χ1v) is 11.0. The van der Waals surface area contributed by atoms with Gasteiger partial charge in [0.2, 0.25) is 0 Å². The Hall–Kier alpha value is -2.95. The van der Waals surface area contributed by atoms with Crippen LogP contribution in [0.5, 0.6) is 0 Å². The van der Waals surface area contributed by atoms with E-state index < -0.39 is 11.1 Å². The number of aromatic nitrogens is 3. The van der Waals surface area contributed by atoms with E-state index in [9.17, 15) is 18.0 Å². The number of fused-ring (bicyclic) bond motifs is 1. The zero-order valence-electron chi connectivity index (χ0n) is 17.3. The predicted molar refractivity (Wildman–Crippen MR) is 123 cm³/mol. The standard InChI is InChI=1S/C22H18ClF3N4O2S/c1-32-7-6-19-29-17-9-14(20-28-10-18(33-20)22(24,25)26)16(27)8-15(17)21(31)30(19)11-12-2-4-13(23)5-3-12/h2-5,8-10H,6-7,11,27H2,1H3. The van der Waals surface area contributed by atoms with E-state index in [4.69, 9.17) is 22.1 Å². The number of thiazole rings is 1. The minimum atomic E-state index is -4.50. The third-order valence-corrected chi connectivity index (χ3v) is 6.33. The molecule has 2 N–H and O–H groups in total. The van der Waals surface area contributed by atoms with E-state index in [-0.39, 0.29) is 28.2 Å². The SMILES string of the molecule is COCCc1nc2cc(-c3ncc(C(F)(F)F)s3)c(N)cc2c(=O)n1Cc1ccc(Cl)cc1. The monoisotopic (exact) mass is 494 g/mol. The highest BCUT2D eigenvalue weighted by molar-refractivity contribution is 7.15. The van der Waals surface area contributed by atoms with E-state index in [1.54, 1.807) is 19.2 Å². The second-order valence-corrected chi connectivity index (χ2v) is 8.74. The number of benzene rings is 2. The number of nitrogens with two attached hydrogens (primary N) is 1. The van der Waals surface area contributed by atoms with Crippen molar-refractivity contribution in [3.05, 3.63) is 74.2 Å². The van der Waals surface area contributed by atoms with Crippen molar-refractivity contribution in [3.63, 3.8) is 0 Å². The largest absolute Gasteiger partial charge is 0.427 e. The summed E-state index contributed by atoms with van der Waals surface area (Å²) in [5.74, 6) is 0.482. The third kappa shape index (κ3) is 4.87. The number of halogens is 4. The maximum Gasteiger partial charge on any atom is 0.427 e. The summed E-state index contributed by atoms with van der Waals surface area (Å²) in [5, 5.41) is 0.949. The summed E-state index contributed by atoms with van der Waals surface area (Å²) >= 11 is 6.44. The minimum Gasteiger partial charge on any atom is -0.398 e. The number of alkyl halides is 3. The van der Waals surface area contributed by atoms with Crippen LogP contribution < -0.4 is 11.3 Å². The van der Waals surface area contributed by atoms with E-state index in [0.717, 1.165) is 11.8 Å². The third-order valence-electron chi connectivity index (χ3n) is 5.00. The number of nitrogens with zero attached hydrogens (tertiary/aromatic N) is 3. The van der Waals surface area contributed by atoms with Crippen molar-refractivity contribution in [2.24, 2.45) is 0 Å². The summed E-state index contributed by atoms with van der Waals surface area (Å²) in [7, 11) is 1.54. The highest BCUT2D eigenvalue weighted by Gasteiger charge is 2.33. The molecule has 0 amide bonds. The molecule has 0 saturated carbocycles. The van der Waals surface area contributed by atoms with Crippen molar-refractivity contribution in [2.75, 3.05) is 19.5 Å². The molecule has 0 unspecified atom stereocenters. The molecule has 0 saturated heterocycles. The van der Waals surface area contributed by atoms with E-state index in [2.05, 4.69) is 9.97 Å². The van der Waals surface area contributed by atoms with Crippen LogP contribution in [0.1, 0.15) is 16.3 Å². The fourth-order valence-corrected chi connectivity index (χ4v) is 4.31. The van der Waals surface area contributed by atoms with Crippen molar-refractivity contribution >= 4 is 39.5 Å². The first-order chi connectivity index (χ1) is 15.7. The second kappa shape index (κ2) is 9.12. The summed E-state index contributed by atoms with van der Waals surface area (Å²) in [6.45, 7) is 0.600. The Labute approximate surface area is 195 Å². The lowest BCUT2D eigenvalue weighted by atomic mass is 10.1. The van der Waals surface area contributed by atoms with Crippen LogP contribution in [0, 0.1) is 0 Å². The van der Waals surface area contributed by atoms with Crippen molar-refractivity contribution in [1.29, 1.82) is 0 Å². The average molecular weight is 495 g/mol. The van der Waals surface area contributed by atoms with Gasteiger partial charge in [0.1, 0.15) is 15.7 Å². The normalized spacial score (nSPS) is 11.9. The van der Waals surface area contributed by atoms with Crippen LogP contribution in [-0.4, -0.2) is 28.3 Å². The van der Waals surface area contributed by atoms with Crippen LogP contribution >= 0.6 is 22.9 Å². The Bertz CT molecular complexity index is 1370. The lowest BCUT2D eigenvalue weighted by molar-refractivity contribution is -0.134. The van der Waals surface area contributed by atoms with Gasteiger partial charge in [-0.25, -0.2) is 9.97 Å². The summed E-state index contributed by atoms with van der Waals surface area (Å²) in [5.41, 5.74) is 7.43. The van der Waals surface area contributed by atoms with E-state index in [0.29, 0.717) is 46.3 Å². The molecule has 2 aromatic heterocycles. The molecule has 2 heterocycles. The molecule has 172 valence electrons. The minimum absolute atomic E-state index is 0.104. The molecule has 0 aliphatic carbocycles. The molecule has 4 aromatic rings. The van der Waals surface area contributed by atoms with Gasteiger partial charge in [-0.3, -0.25) is 9.36 Å². The van der Waals surface area contributed by atoms with Gasteiger partial charge in [-0.2, -0.15) is 13.2 Å². The lowest BCUT2D eigenvalue weighted by Crippen LogP contribution is -2.27. The van der Waals surface area contributed by atoms with Gasteiger partial charge in [0.15, 0.2) is 0 Å². The molecule has 11 heteroatoms. The van der Waals surface area contributed by atoms with Crippen molar-refractivity contribution in [3.8, 4) is 10.6 Å². The summed E-state index contributed by atoms with van der Waals surface area (Å²) in [4.78, 5) is 21.0. The molecule has 33 heavy (non-hydrogen) atoms. The van der Waals surface area contributed by atoms with Gasteiger partial charge >= 0.3 is 6.18 Å². The molecule has 0 aliphatic rings. The van der Waals surface area contributed by atoms with Crippen molar-refractivity contribution in [2.45, 2.75) is 19.1 Å². The van der Waals surface area contributed by atoms with Crippen LogP contribution in [0.2, 0.25) is 5.02 Å². The summed E-state index contributed by atoms with van der Waals surface area (Å²) in [6.07, 6.45) is -3.36. The highest BCUT2D eigenvalue weighted by Crippen LogP contribution is 2.38. The Morgan fingerprint density at radius 1 is 1.21 bits per heavy atom. The van der Waals surface area contributed by atoms with Gasteiger partial charge in [0.25, 0.3) is 5.56 Å². The molecule has 2 aromatic carbocycles. The Morgan fingerprint density at radius 2 is 1.94 bits per heavy atom. The summed E-state index contributed by atoms with van der Waals surface area (Å²) in [6, 6.07) is 10.0. The van der Waals surface area contributed by atoms with Gasteiger partial charge < -0.3 is 10.5 Å². The first-order valence-electron chi connectivity index (χ1n) is 9.77. The molecule has 0 radical (unpaired) electrons. The number of methoxy groups -OCH3 is 1. The van der Waals surface area contributed by atoms with Gasteiger partial charge in [-0.1, -0.05) is 23.7 Å². The molecule has 6 nitrogen and oxygen atoms in total. The van der Waals surface area contributed by atoms with E-state index in [1.165, 1.54) is 16.7 Å². The van der Waals surface area contributed by atoms with Crippen LogP contribution in [0.3, 0.4) is 0 Å². The Morgan fingerprint density at radius 3 is 2.58 bits per heavy atom. The molecular weight excluding hydrogens is 477 g/mol. The highest BCUT2D eigenvalue weighted by atomic mass is 35.5.